The Kier molecular flexibility index (Phi) is 3.39. The van der Waals surface area contributed by atoms with E-state index in [0.717, 1.165) is 24.1 Å². The molecule has 0 fully saturated rings. The fraction of sp³-hybridized carbons (Fsp3) is 0.333. The van der Waals surface area contributed by atoms with Gasteiger partial charge in [-0.2, -0.15) is 0 Å². The van der Waals surface area contributed by atoms with Crippen molar-refractivity contribution in [3.63, 3.8) is 0 Å². The maximum atomic E-state index is 12.6. The lowest BCUT2D eigenvalue weighted by Crippen LogP contribution is -2.13. The number of benzene rings is 1. The zero-order valence-corrected chi connectivity index (χ0v) is 12.0. The van der Waals surface area contributed by atoms with Crippen LogP contribution >= 0.6 is 0 Å². The highest BCUT2D eigenvalue weighted by atomic mass is 16.1. The van der Waals surface area contributed by atoms with Gasteiger partial charge >= 0.3 is 0 Å². The summed E-state index contributed by atoms with van der Waals surface area (Å²) in [7, 11) is 0. The van der Waals surface area contributed by atoms with E-state index >= 15 is 0 Å². The molecule has 102 valence electrons. The molecule has 0 radical (unpaired) electrons. The summed E-state index contributed by atoms with van der Waals surface area (Å²) in [5, 5.41) is 0. The largest absolute Gasteiger partial charge is 0.299 e. The third kappa shape index (κ3) is 2.51. The van der Waals surface area contributed by atoms with Crippen LogP contribution in [0.3, 0.4) is 0 Å². The second-order valence-electron chi connectivity index (χ2n) is 5.78. The van der Waals surface area contributed by atoms with Crippen LogP contribution in [0.5, 0.6) is 0 Å². The van der Waals surface area contributed by atoms with Crippen molar-refractivity contribution in [1.82, 2.24) is 4.98 Å². The topological polar surface area (TPSA) is 30.0 Å². The molecule has 0 spiro atoms. The van der Waals surface area contributed by atoms with Crippen LogP contribution in [0.15, 0.2) is 36.5 Å². The number of Topliss-reactive ketones (excluding diaryl/α,β-unsaturated/α-hetero) is 1. The zero-order valence-electron chi connectivity index (χ0n) is 12.0. The summed E-state index contributed by atoms with van der Waals surface area (Å²) in [5.41, 5.74) is 5.81. The van der Waals surface area contributed by atoms with Crippen LogP contribution in [0.25, 0.3) is 0 Å². The Morgan fingerprint density at radius 2 is 2.00 bits per heavy atom. The Morgan fingerprint density at radius 3 is 2.75 bits per heavy atom. The van der Waals surface area contributed by atoms with Crippen LogP contribution in [-0.2, 0) is 17.6 Å². The summed E-state index contributed by atoms with van der Waals surface area (Å²) < 4.78 is 0. The Morgan fingerprint density at radius 1 is 1.25 bits per heavy atom. The van der Waals surface area contributed by atoms with Gasteiger partial charge in [0.1, 0.15) is 5.78 Å². The average Bonchev–Trinajstić information content (AvgIpc) is 2.81. The van der Waals surface area contributed by atoms with E-state index in [4.69, 9.17) is 0 Å². The van der Waals surface area contributed by atoms with Crippen molar-refractivity contribution in [2.75, 3.05) is 0 Å². The van der Waals surface area contributed by atoms with Crippen LogP contribution in [0.2, 0.25) is 0 Å². The summed E-state index contributed by atoms with van der Waals surface area (Å²) in [5.74, 6) is 0.291. The smallest absolute Gasteiger partial charge is 0.146 e. The van der Waals surface area contributed by atoms with E-state index < -0.39 is 0 Å². The van der Waals surface area contributed by atoms with Gasteiger partial charge in [0.05, 0.1) is 11.6 Å². The second kappa shape index (κ2) is 5.20. The fourth-order valence-corrected chi connectivity index (χ4v) is 3.22. The maximum absolute atomic E-state index is 12.6. The lowest BCUT2D eigenvalue weighted by atomic mass is 9.94. The van der Waals surface area contributed by atoms with Crippen molar-refractivity contribution in [3.8, 4) is 0 Å². The number of hydrogen-bond donors (Lipinski definition) is 0. The van der Waals surface area contributed by atoms with E-state index in [2.05, 4.69) is 43.1 Å². The molecule has 1 aliphatic rings. The highest BCUT2D eigenvalue weighted by Crippen LogP contribution is 2.32. The van der Waals surface area contributed by atoms with Gasteiger partial charge in [0.25, 0.3) is 0 Å². The SMILES string of the molecule is Cc1cc(C)cc(CC(=O)C2CCc3cccnc32)c1. The molecule has 1 aromatic heterocycles. The van der Waals surface area contributed by atoms with Crippen LogP contribution in [-0.4, -0.2) is 10.8 Å². The van der Waals surface area contributed by atoms with Gasteiger partial charge in [0, 0.05) is 12.6 Å². The molecule has 1 heterocycles. The molecule has 2 heteroatoms. The van der Waals surface area contributed by atoms with E-state index in [1.165, 1.54) is 16.7 Å². The molecule has 2 nitrogen and oxygen atoms in total. The summed E-state index contributed by atoms with van der Waals surface area (Å²) in [6, 6.07) is 10.4. The normalized spacial score (nSPS) is 17.0. The van der Waals surface area contributed by atoms with Crippen LogP contribution < -0.4 is 0 Å². The number of aryl methyl sites for hydroxylation is 3. The molecule has 0 aliphatic heterocycles. The van der Waals surface area contributed by atoms with E-state index in [-0.39, 0.29) is 5.92 Å². The first-order valence-corrected chi connectivity index (χ1v) is 7.17. The molecule has 1 aromatic carbocycles. The van der Waals surface area contributed by atoms with Crippen molar-refractivity contribution in [2.45, 2.75) is 39.0 Å². The van der Waals surface area contributed by atoms with Gasteiger partial charge in [0.15, 0.2) is 0 Å². The van der Waals surface area contributed by atoms with Gasteiger partial charge in [-0.15, -0.1) is 0 Å². The molecule has 20 heavy (non-hydrogen) atoms. The molecule has 3 rings (SSSR count). The second-order valence-corrected chi connectivity index (χ2v) is 5.78. The molecule has 2 aromatic rings. The number of ketones is 1. The molecular weight excluding hydrogens is 246 g/mol. The standard InChI is InChI=1S/C18H19NO/c1-12-8-13(2)10-14(9-12)11-17(20)16-6-5-15-4-3-7-19-18(15)16/h3-4,7-10,16H,5-6,11H2,1-2H3. The van der Waals surface area contributed by atoms with E-state index in [9.17, 15) is 4.79 Å². The molecule has 1 unspecified atom stereocenters. The number of carbonyl (C=O) groups excluding carboxylic acids is 1. The third-order valence-corrected chi connectivity index (χ3v) is 4.01. The first kappa shape index (κ1) is 13.0. The predicted octanol–water partition coefficient (Wildman–Crippen LogP) is 3.54. The lowest BCUT2D eigenvalue weighted by Gasteiger charge is -2.10. The lowest BCUT2D eigenvalue weighted by molar-refractivity contribution is -0.119. The fourth-order valence-electron chi connectivity index (χ4n) is 3.22. The maximum Gasteiger partial charge on any atom is 0.146 e. The monoisotopic (exact) mass is 265 g/mol. The molecule has 1 atom stereocenters. The Bertz CT molecular complexity index is 640. The average molecular weight is 265 g/mol. The third-order valence-electron chi connectivity index (χ3n) is 4.01. The molecule has 0 amide bonds. The first-order valence-electron chi connectivity index (χ1n) is 7.17. The van der Waals surface area contributed by atoms with Gasteiger partial charge in [0.2, 0.25) is 0 Å². The zero-order chi connectivity index (χ0) is 14.1. The Balaban J connectivity index is 1.81. The summed E-state index contributed by atoms with van der Waals surface area (Å²) in [6.45, 7) is 4.15. The highest BCUT2D eigenvalue weighted by Gasteiger charge is 2.29. The van der Waals surface area contributed by atoms with Gasteiger partial charge in [-0.3, -0.25) is 9.78 Å². The van der Waals surface area contributed by atoms with E-state index in [1.54, 1.807) is 6.20 Å². The van der Waals surface area contributed by atoms with Crippen LogP contribution in [0, 0.1) is 13.8 Å². The molecule has 0 saturated heterocycles. The minimum Gasteiger partial charge on any atom is -0.299 e. The van der Waals surface area contributed by atoms with E-state index in [1.807, 2.05) is 6.07 Å². The quantitative estimate of drug-likeness (QED) is 0.849. The number of nitrogens with zero attached hydrogens (tertiary/aromatic N) is 1. The molecular formula is C18H19NO. The number of pyridine rings is 1. The Labute approximate surface area is 119 Å². The van der Waals surface area contributed by atoms with Gasteiger partial charge in [-0.25, -0.2) is 0 Å². The number of carbonyl (C=O) groups is 1. The summed E-state index contributed by atoms with van der Waals surface area (Å²) in [4.78, 5) is 17.0. The number of rotatable bonds is 3. The molecule has 0 N–H and O–H groups in total. The van der Waals surface area contributed by atoms with Gasteiger partial charge in [-0.05, 0) is 43.9 Å². The first-order chi connectivity index (χ1) is 9.63. The molecule has 0 bridgehead atoms. The van der Waals surface area contributed by atoms with E-state index in [0.29, 0.717) is 12.2 Å². The summed E-state index contributed by atoms with van der Waals surface area (Å²) in [6.07, 6.45) is 4.20. The van der Waals surface area contributed by atoms with Crippen molar-refractivity contribution in [2.24, 2.45) is 0 Å². The highest BCUT2D eigenvalue weighted by molar-refractivity contribution is 5.88. The summed E-state index contributed by atoms with van der Waals surface area (Å²) >= 11 is 0. The molecule has 0 saturated carbocycles. The number of aromatic nitrogens is 1. The predicted molar refractivity (Wildman–Crippen MR) is 79.9 cm³/mol. The van der Waals surface area contributed by atoms with Crippen molar-refractivity contribution >= 4 is 5.78 Å². The van der Waals surface area contributed by atoms with Gasteiger partial charge < -0.3 is 0 Å². The van der Waals surface area contributed by atoms with Crippen molar-refractivity contribution < 1.29 is 4.79 Å². The number of hydrogen-bond acceptors (Lipinski definition) is 2. The van der Waals surface area contributed by atoms with Crippen LogP contribution in [0.1, 0.15) is 40.3 Å². The van der Waals surface area contributed by atoms with Crippen LogP contribution in [0.4, 0.5) is 0 Å². The van der Waals surface area contributed by atoms with Gasteiger partial charge in [-0.1, -0.05) is 35.4 Å². The van der Waals surface area contributed by atoms with Crippen molar-refractivity contribution in [3.05, 3.63) is 64.5 Å². The number of fused-ring (bicyclic) bond motifs is 1. The molecule has 1 aliphatic carbocycles. The Hall–Kier alpha value is -1.96. The minimum absolute atomic E-state index is 0.00739. The minimum atomic E-state index is -0.00739. The van der Waals surface area contributed by atoms with Crippen molar-refractivity contribution in [1.29, 1.82) is 0 Å².